The first-order valence-electron chi connectivity index (χ1n) is 9.86. The number of amides is 1. The van der Waals surface area contributed by atoms with Crippen LogP contribution in [0.4, 0.5) is 0 Å². The fourth-order valence-corrected chi connectivity index (χ4v) is 5.52. The maximum atomic E-state index is 12.4. The molecule has 2 heterocycles. The van der Waals surface area contributed by atoms with E-state index in [0.717, 1.165) is 19.3 Å². The number of thioether (sulfide) groups is 1. The maximum Gasteiger partial charge on any atom is 0.355 e. The molecule has 0 radical (unpaired) electrons. The van der Waals surface area contributed by atoms with Crippen LogP contribution in [0, 0.1) is 5.92 Å². The predicted molar refractivity (Wildman–Crippen MR) is 116 cm³/mol. The second-order valence-electron chi connectivity index (χ2n) is 7.42. The number of aromatic nitrogens is 1. The second-order valence-corrected chi connectivity index (χ2v) is 9.62. The van der Waals surface area contributed by atoms with Gasteiger partial charge in [-0.15, -0.1) is 11.3 Å². The van der Waals surface area contributed by atoms with Gasteiger partial charge in [-0.1, -0.05) is 49.0 Å². The van der Waals surface area contributed by atoms with E-state index in [1.165, 1.54) is 28.7 Å². The van der Waals surface area contributed by atoms with E-state index in [9.17, 15) is 9.59 Å². The van der Waals surface area contributed by atoms with Crippen LogP contribution in [0.25, 0.3) is 0 Å². The lowest BCUT2D eigenvalue weighted by molar-refractivity contribution is -0.129. The van der Waals surface area contributed by atoms with Crippen molar-refractivity contribution in [3.8, 4) is 0 Å². The Hall–Kier alpha value is -1.90. The van der Waals surface area contributed by atoms with E-state index in [1.54, 1.807) is 5.38 Å². The van der Waals surface area contributed by atoms with Gasteiger partial charge < -0.3 is 15.7 Å². The molecule has 1 aliphatic heterocycles. The molecule has 6 nitrogen and oxygen atoms in total. The fraction of sp³-hybridized carbons (Fsp3) is 0.476. The molecular formula is C21H27N3O3S2. The number of nitrogens with zero attached hydrogens (tertiary/aromatic N) is 2. The van der Waals surface area contributed by atoms with Gasteiger partial charge in [-0.3, -0.25) is 4.79 Å². The molecule has 156 valence electrons. The zero-order valence-corrected chi connectivity index (χ0v) is 18.1. The molecule has 1 aromatic heterocycles. The van der Waals surface area contributed by atoms with Crippen molar-refractivity contribution in [2.75, 3.05) is 12.3 Å². The lowest BCUT2D eigenvalue weighted by atomic mass is 9.89. The Bertz CT molecular complexity index is 828. The number of nitrogens with two attached hydrogens (primary N) is 1. The third kappa shape index (κ3) is 5.81. The van der Waals surface area contributed by atoms with Crippen LogP contribution in [-0.2, 0) is 11.2 Å². The number of hydrogen-bond acceptors (Lipinski definition) is 6. The lowest BCUT2D eigenvalue weighted by Crippen LogP contribution is -2.49. The minimum absolute atomic E-state index is 0.0476. The molecule has 0 spiro atoms. The molecule has 1 fully saturated rings. The van der Waals surface area contributed by atoms with Gasteiger partial charge in [0.05, 0.1) is 0 Å². The number of carboxylic acids is 1. The third-order valence-corrected chi connectivity index (χ3v) is 7.47. The first-order valence-corrected chi connectivity index (χ1v) is 11.7. The van der Waals surface area contributed by atoms with Crippen molar-refractivity contribution in [2.24, 2.45) is 11.7 Å². The Labute approximate surface area is 179 Å². The van der Waals surface area contributed by atoms with Crippen molar-refractivity contribution in [1.29, 1.82) is 0 Å². The van der Waals surface area contributed by atoms with E-state index in [-0.39, 0.29) is 23.7 Å². The number of aryl methyl sites for hydroxylation is 1. The first kappa shape index (κ1) is 21.8. The van der Waals surface area contributed by atoms with Crippen molar-refractivity contribution < 1.29 is 14.7 Å². The van der Waals surface area contributed by atoms with Gasteiger partial charge >= 0.3 is 5.97 Å². The molecule has 2 unspecified atom stereocenters. The number of thiazole rings is 1. The maximum absolute atomic E-state index is 12.4. The number of carboxylic acid groups (broad SMARTS) is 1. The predicted octanol–water partition coefficient (Wildman–Crippen LogP) is 3.52. The highest BCUT2D eigenvalue weighted by molar-refractivity contribution is 8.01. The molecule has 1 aliphatic rings. The minimum Gasteiger partial charge on any atom is -0.476 e. The topological polar surface area (TPSA) is 96.5 Å². The van der Waals surface area contributed by atoms with E-state index in [2.05, 4.69) is 36.2 Å². The Morgan fingerprint density at radius 3 is 2.86 bits per heavy atom. The van der Waals surface area contributed by atoms with Crippen LogP contribution in [0.3, 0.4) is 0 Å². The van der Waals surface area contributed by atoms with Gasteiger partial charge in [0.15, 0.2) is 10.0 Å². The second kappa shape index (κ2) is 10.2. The van der Waals surface area contributed by atoms with Crippen LogP contribution in [-0.4, -0.2) is 51.2 Å². The van der Waals surface area contributed by atoms with Gasteiger partial charge in [0.25, 0.3) is 0 Å². The Balaban J connectivity index is 1.50. The van der Waals surface area contributed by atoms with E-state index in [4.69, 9.17) is 10.8 Å². The van der Waals surface area contributed by atoms with Crippen LogP contribution in [0.1, 0.15) is 42.2 Å². The number of likely N-dealkylation sites (tertiary alicyclic amines) is 1. The van der Waals surface area contributed by atoms with Crippen LogP contribution in [0.5, 0.6) is 0 Å². The molecule has 8 heteroatoms. The molecule has 29 heavy (non-hydrogen) atoms. The van der Waals surface area contributed by atoms with Gasteiger partial charge in [-0.2, -0.15) is 0 Å². The summed E-state index contributed by atoms with van der Waals surface area (Å²) >= 11 is 2.81. The van der Waals surface area contributed by atoms with E-state index < -0.39 is 5.97 Å². The summed E-state index contributed by atoms with van der Waals surface area (Å²) in [6, 6.07) is 10.4. The quantitative estimate of drug-likeness (QED) is 0.557. The number of carbonyl (C=O) groups excluding carboxylic acids is 1. The molecule has 2 aromatic rings. The summed E-state index contributed by atoms with van der Waals surface area (Å²) in [5.41, 5.74) is 7.97. The number of hydrogen-bond donors (Lipinski definition) is 2. The van der Waals surface area contributed by atoms with Crippen molar-refractivity contribution in [3.05, 3.63) is 47.0 Å². The fourth-order valence-electron chi connectivity index (χ4n) is 3.71. The summed E-state index contributed by atoms with van der Waals surface area (Å²) in [5, 5.41) is 10.5. The summed E-state index contributed by atoms with van der Waals surface area (Å²) in [5.74, 6) is 0.142. The summed E-state index contributed by atoms with van der Waals surface area (Å²) in [4.78, 5) is 29.3. The van der Waals surface area contributed by atoms with E-state index >= 15 is 0 Å². The van der Waals surface area contributed by atoms with Crippen LogP contribution >= 0.6 is 23.1 Å². The molecule has 1 saturated heterocycles. The Morgan fingerprint density at radius 2 is 2.17 bits per heavy atom. The lowest BCUT2D eigenvalue weighted by Gasteiger charge is -2.33. The summed E-state index contributed by atoms with van der Waals surface area (Å²) < 4.78 is 0.714. The highest BCUT2D eigenvalue weighted by Crippen LogP contribution is 2.28. The van der Waals surface area contributed by atoms with E-state index in [1.807, 2.05) is 11.0 Å². The molecule has 3 rings (SSSR count). The summed E-state index contributed by atoms with van der Waals surface area (Å²) in [6.45, 7) is 2.78. The summed E-state index contributed by atoms with van der Waals surface area (Å²) in [7, 11) is 0. The summed E-state index contributed by atoms with van der Waals surface area (Å²) in [6.07, 6.45) is 3.34. The molecule has 1 amide bonds. The van der Waals surface area contributed by atoms with Gasteiger partial charge in [-0.25, -0.2) is 9.78 Å². The third-order valence-electron chi connectivity index (χ3n) is 5.47. The highest BCUT2D eigenvalue weighted by atomic mass is 32.2. The molecule has 0 bridgehead atoms. The number of benzene rings is 1. The smallest absolute Gasteiger partial charge is 0.355 e. The standard InChI is InChI=1S/C21H27N3O3S2/c1-14(7-8-15-5-3-2-4-6-15)19(22)17-9-10-18(25)24(17)11-12-28-21-23-16(13-29-21)20(26)27/h2-6,13-14,17,19H,7-12,22H2,1H3,(H,26,27)/t14?,17-,19?/m1/s1. The molecule has 1 aromatic carbocycles. The molecule has 0 aliphatic carbocycles. The number of aromatic carboxylic acids is 1. The first-order chi connectivity index (χ1) is 14.0. The van der Waals surface area contributed by atoms with Gasteiger partial charge in [0.2, 0.25) is 5.91 Å². The van der Waals surface area contributed by atoms with E-state index in [0.29, 0.717) is 29.0 Å². The van der Waals surface area contributed by atoms with Crippen LogP contribution in [0.15, 0.2) is 40.1 Å². The molecular weight excluding hydrogens is 406 g/mol. The van der Waals surface area contributed by atoms with Gasteiger partial charge in [0, 0.05) is 36.2 Å². The minimum atomic E-state index is -1.02. The van der Waals surface area contributed by atoms with Crippen molar-refractivity contribution >= 4 is 35.0 Å². The Kier molecular flexibility index (Phi) is 7.69. The van der Waals surface area contributed by atoms with Crippen LogP contribution in [0.2, 0.25) is 0 Å². The number of rotatable bonds is 10. The van der Waals surface area contributed by atoms with Crippen LogP contribution < -0.4 is 5.73 Å². The average Bonchev–Trinajstić information content (AvgIpc) is 3.34. The van der Waals surface area contributed by atoms with Crippen molar-refractivity contribution in [2.45, 2.75) is 49.0 Å². The largest absolute Gasteiger partial charge is 0.476 e. The molecule has 3 atom stereocenters. The van der Waals surface area contributed by atoms with Gasteiger partial charge in [-0.05, 0) is 30.7 Å². The SMILES string of the molecule is CC(CCc1ccccc1)C(N)[C@H]1CCC(=O)N1CCSc1nc(C(=O)O)cs1. The highest BCUT2D eigenvalue weighted by Gasteiger charge is 2.36. The zero-order valence-electron chi connectivity index (χ0n) is 16.5. The van der Waals surface area contributed by atoms with Gasteiger partial charge in [0.1, 0.15) is 0 Å². The van der Waals surface area contributed by atoms with Crippen molar-refractivity contribution in [1.82, 2.24) is 9.88 Å². The zero-order chi connectivity index (χ0) is 20.8. The number of carbonyl (C=O) groups is 2. The van der Waals surface area contributed by atoms with Crippen molar-refractivity contribution in [3.63, 3.8) is 0 Å². The molecule has 3 N–H and O–H groups in total. The average molecular weight is 434 g/mol. The monoisotopic (exact) mass is 433 g/mol. The normalized spacial score (nSPS) is 18.8. The Morgan fingerprint density at radius 1 is 1.41 bits per heavy atom. The molecule has 0 saturated carbocycles.